The number of benzene rings is 1. The highest BCUT2D eigenvalue weighted by molar-refractivity contribution is 5.79. The van der Waals surface area contributed by atoms with Crippen molar-refractivity contribution in [3.8, 4) is 0 Å². The van der Waals surface area contributed by atoms with Crippen LogP contribution in [0.5, 0.6) is 0 Å². The van der Waals surface area contributed by atoms with E-state index in [1.807, 2.05) is 25.7 Å². The molecule has 1 fully saturated rings. The number of amides is 1. The number of piperidine rings is 1. The monoisotopic (exact) mass is 303 g/mol. The minimum atomic E-state index is -0.743. The minimum absolute atomic E-state index is 0.0155. The molecule has 0 spiro atoms. The number of carboxylic acid groups (broad SMARTS) is 1. The number of aryl methyl sites for hydroxylation is 1. The average molecular weight is 303 g/mol. The van der Waals surface area contributed by atoms with Gasteiger partial charge in [-0.1, -0.05) is 43.7 Å². The SMILES string of the molecule is Cc1ccc(CC(C)C(=O)N2CCC(C(=O)O)C(C)C2)cc1. The topological polar surface area (TPSA) is 57.6 Å². The molecule has 0 aliphatic carbocycles. The fraction of sp³-hybridized carbons (Fsp3) is 0.556. The average Bonchev–Trinajstić information content (AvgIpc) is 2.48. The lowest BCUT2D eigenvalue weighted by molar-refractivity contribution is -0.149. The quantitative estimate of drug-likeness (QED) is 0.930. The summed E-state index contributed by atoms with van der Waals surface area (Å²) in [5.74, 6) is -0.988. The van der Waals surface area contributed by atoms with Gasteiger partial charge in [-0.15, -0.1) is 0 Å². The van der Waals surface area contributed by atoms with Crippen LogP contribution >= 0.6 is 0 Å². The first-order valence-electron chi connectivity index (χ1n) is 7.95. The molecule has 1 aromatic rings. The number of nitrogens with zero attached hydrogens (tertiary/aromatic N) is 1. The molecule has 1 aromatic carbocycles. The summed E-state index contributed by atoms with van der Waals surface area (Å²) < 4.78 is 0. The van der Waals surface area contributed by atoms with Gasteiger partial charge in [-0.3, -0.25) is 9.59 Å². The number of rotatable bonds is 4. The summed E-state index contributed by atoms with van der Waals surface area (Å²) in [6.45, 7) is 7.03. The third-order valence-electron chi connectivity index (χ3n) is 4.62. The second-order valence-electron chi connectivity index (χ2n) is 6.59. The lowest BCUT2D eigenvalue weighted by Crippen LogP contribution is -2.47. The smallest absolute Gasteiger partial charge is 0.306 e. The normalized spacial score (nSPS) is 23.1. The molecule has 1 heterocycles. The van der Waals surface area contributed by atoms with Crippen molar-refractivity contribution in [2.75, 3.05) is 13.1 Å². The van der Waals surface area contributed by atoms with Crippen molar-refractivity contribution in [3.63, 3.8) is 0 Å². The molecule has 1 aliphatic heterocycles. The van der Waals surface area contributed by atoms with E-state index in [1.165, 1.54) is 11.1 Å². The summed E-state index contributed by atoms with van der Waals surface area (Å²) >= 11 is 0. The summed E-state index contributed by atoms with van der Waals surface area (Å²) in [7, 11) is 0. The van der Waals surface area contributed by atoms with E-state index in [2.05, 4.69) is 24.3 Å². The van der Waals surface area contributed by atoms with Gasteiger partial charge in [0.25, 0.3) is 0 Å². The van der Waals surface area contributed by atoms with Crippen LogP contribution in [0.15, 0.2) is 24.3 Å². The molecule has 0 radical (unpaired) electrons. The first-order valence-corrected chi connectivity index (χ1v) is 7.95. The van der Waals surface area contributed by atoms with Crippen LogP contribution in [0.1, 0.15) is 31.4 Å². The predicted octanol–water partition coefficient (Wildman–Crippen LogP) is 2.74. The van der Waals surface area contributed by atoms with Crippen LogP contribution in [0.25, 0.3) is 0 Å². The number of hydrogen-bond acceptors (Lipinski definition) is 2. The Morgan fingerprint density at radius 1 is 1.32 bits per heavy atom. The van der Waals surface area contributed by atoms with Gasteiger partial charge in [-0.2, -0.15) is 0 Å². The Bertz CT molecular complexity index is 538. The van der Waals surface area contributed by atoms with Crippen LogP contribution in [-0.2, 0) is 16.0 Å². The van der Waals surface area contributed by atoms with Crippen molar-refractivity contribution < 1.29 is 14.7 Å². The lowest BCUT2D eigenvalue weighted by Gasteiger charge is -2.36. The number of carbonyl (C=O) groups is 2. The van der Waals surface area contributed by atoms with E-state index in [-0.39, 0.29) is 23.7 Å². The van der Waals surface area contributed by atoms with Crippen LogP contribution < -0.4 is 0 Å². The zero-order chi connectivity index (χ0) is 16.3. The second kappa shape index (κ2) is 6.95. The third-order valence-corrected chi connectivity index (χ3v) is 4.62. The van der Waals surface area contributed by atoms with Gasteiger partial charge in [0.15, 0.2) is 0 Å². The Balaban J connectivity index is 1.93. The van der Waals surface area contributed by atoms with Crippen LogP contribution in [-0.4, -0.2) is 35.0 Å². The Labute approximate surface area is 132 Å². The van der Waals surface area contributed by atoms with Crippen molar-refractivity contribution in [3.05, 3.63) is 35.4 Å². The number of aliphatic carboxylic acids is 1. The largest absolute Gasteiger partial charge is 0.481 e. The van der Waals surface area contributed by atoms with E-state index in [9.17, 15) is 9.59 Å². The number of carbonyl (C=O) groups excluding carboxylic acids is 1. The Morgan fingerprint density at radius 3 is 2.50 bits per heavy atom. The zero-order valence-corrected chi connectivity index (χ0v) is 13.6. The summed E-state index contributed by atoms with van der Waals surface area (Å²) in [6.07, 6.45) is 1.28. The van der Waals surface area contributed by atoms with E-state index in [4.69, 9.17) is 5.11 Å². The van der Waals surface area contributed by atoms with Crippen molar-refractivity contribution in [2.45, 2.75) is 33.6 Å². The van der Waals surface area contributed by atoms with E-state index < -0.39 is 5.97 Å². The molecule has 0 bridgehead atoms. The van der Waals surface area contributed by atoms with Crippen molar-refractivity contribution >= 4 is 11.9 Å². The maximum Gasteiger partial charge on any atom is 0.306 e. The first-order chi connectivity index (χ1) is 10.4. The van der Waals surface area contributed by atoms with E-state index in [0.29, 0.717) is 19.5 Å². The van der Waals surface area contributed by atoms with E-state index in [1.54, 1.807) is 0 Å². The minimum Gasteiger partial charge on any atom is -0.481 e. The molecule has 120 valence electrons. The second-order valence-corrected chi connectivity index (χ2v) is 6.59. The molecule has 1 saturated heterocycles. The zero-order valence-electron chi connectivity index (χ0n) is 13.6. The van der Waals surface area contributed by atoms with Crippen molar-refractivity contribution in [2.24, 2.45) is 17.8 Å². The molecule has 4 heteroatoms. The summed E-state index contributed by atoms with van der Waals surface area (Å²) in [5, 5.41) is 9.16. The third kappa shape index (κ3) is 3.87. The molecule has 1 N–H and O–H groups in total. The van der Waals surface area contributed by atoms with Crippen molar-refractivity contribution in [1.29, 1.82) is 0 Å². The Morgan fingerprint density at radius 2 is 1.95 bits per heavy atom. The molecular formula is C18H25NO3. The van der Waals surface area contributed by atoms with Gasteiger partial charge in [0.1, 0.15) is 0 Å². The van der Waals surface area contributed by atoms with Crippen LogP contribution in [0.2, 0.25) is 0 Å². The summed E-state index contributed by atoms with van der Waals surface area (Å²) in [4.78, 5) is 25.5. The maximum absolute atomic E-state index is 12.6. The van der Waals surface area contributed by atoms with E-state index >= 15 is 0 Å². The van der Waals surface area contributed by atoms with Gasteiger partial charge >= 0.3 is 5.97 Å². The predicted molar refractivity (Wildman–Crippen MR) is 85.5 cm³/mol. The fourth-order valence-corrected chi connectivity index (χ4v) is 3.19. The summed E-state index contributed by atoms with van der Waals surface area (Å²) in [6, 6.07) is 8.26. The van der Waals surface area contributed by atoms with Gasteiger partial charge < -0.3 is 10.0 Å². The van der Waals surface area contributed by atoms with Gasteiger partial charge in [0, 0.05) is 19.0 Å². The molecule has 0 saturated carbocycles. The molecule has 3 atom stereocenters. The lowest BCUT2D eigenvalue weighted by atomic mass is 9.86. The highest BCUT2D eigenvalue weighted by Gasteiger charge is 2.34. The molecule has 4 nitrogen and oxygen atoms in total. The number of hydrogen-bond donors (Lipinski definition) is 1. The highest BCUT2D eigenvalue weighted by atomic mass is 16.4. The Kier molecular flexibility index (Phi) is 5.22. The van der Waals surface area contributed by atoms with Crippen LogP contribution in [0, 0.1) is 24.7 Å². The standard InChI is InChI=1S/C18H25NO3/c1-12-4-6-15(7-5-12)10-13(2)17(20)19-9-8-16(18(21)22)14(3)11-19/h4-7,13-14,16H,8-11H2,1-3H3,(H,21,22). The number of likely N-dealkylation sites (tertiary alicyclic amines) is 1. The molecule has 3 unspecified atom stereocenters. The van der Waals surface area contributed by atoms with Gasteiger partial charge in [-0.25, -0.2) is 0 Å². The first kappa shape index (κ1) is 16.5. The maximum atomic E-state index is 12.6. The van der Waals surface area contributed by atoms with Crippen LogP contribution in [0.4, 0.5) is 0 Å². The van der Waals surface area contributed by atoms with Gasteiger partial charge in [0.2, 0.25) is 5.91 Å². The number of carboxylic acids is 1. The van der Waals surface area contributed by atoms with E-state index in [0.717, 1.165) is 6.42 Å². The van der Waals surface area contributed by atoms with Gasteiger partial charge in [0.05, 0.1) is 5.92 Å². The molecule has 0 aromatic heterocycles. The summed E-state index contributed by atoms with van der Waals surface area (Å²) in [5.41, 5.74) is 2.38. The molecule has 1 amide bonds. The van der Waals surface area contributed by atoms with Crippen molar-refractivity contribution in [1.82, 2.24) is 4.90 Å². The molecule has 1 aliphatic rings. The highest BCUT2D eigenvalue weighted by Crippen LogP contribution is 2.25. The molecule has 2 rings (SSSR count). The Hall–Kier alpha value is -1.84. The molecule has 22 heavy (non-hydrogen) atoms. The van der Waals surface area contributed by atoms with Crippen LogP contribution in [0.3, 0.4) is 0 Å². The van der Waals surface area contributed by atoms with Gasteiger partial charge in [-0.05, 0) is 31.2 Å². The fourth-order valence-electron chi connectivity index (χ4n) is 3.19. The molecular weight excluding hydrogens is 278 g/mol.